The van der Waals surface area contributed by atoms with E-state index in [2.05, 4.69) is 13.8 Å². The Morgan fingerprint density at radius 2 is 2.12 bits per heavy atom. The van der Waals surface area contributed by atoms with Crippen LogP contribution in [-0.4, -0.2) is 31.2 Å². The van der Waals surface area contributed by atoms with Crippen molar-refractivity contribution in [2.75, 3.05) is 19.8 Å². The molecule has 1 N–H and O–H groups in total. The number of allylic oxidation sites excluding steroid dienone is 1. The van der Waals surface area contributed by atoms with E-state index >= 15 is 0 Å². The van der Waals surface area contributed by atoms with Crippen molar-refractivity contribution in [2.24, 2.45) is 11.3 Å². The van der Waals surface area contributed by atoms with Gasteiger partial charge in [0, 0.05) is 6.61 Å². The Morgan fingerprint density at radius 1 is 1.47 bits per heavy atom. The molecule has 3 heteroatoms. The van der Waals surface area contributed by atoms with Crippen LogP contribution in [0, 0.1) is 11.3 Å². The molecular formula is C14H26O3. The third-order valence-corrected chi connectivity index (χ3v) is 3.93. The molecule has 3 nitrogen and oxygen atoms in total. The molecule has 0 spiro atoms. The maximum absolute atomic E-state index is 9.17. The third-order valence-electron chi connectivity index (χ3n) is 3.93. The highest BCUT2D eigenvalue weighted by Crippen LogP contribution is 2.52. The Morgan fingerprint density at radius 3 is 2.59 bits per heavy atom. The predicted molar refractivity (Wildman–Crippen MR) is 68.7 cm³/mol. The third kappa shape index (κ3) is 3.30. The minimum Gasteiger partial charge on any atom is -0.392 e. The number of hydrogen-bond acceptors (Lipinski definition) is 3. The SMILES string of the molecule is CCOC(C)OCC1CC(=C(C)CO)C1(C)C. The van der Waals surface area contributed by atoms with Crippen LogP contribution in [0.3, 0.4) is 0 Å². The molecule has 0 aromatic carbocycles. The van der Waals surface area contributed by atoms with Gasteiger partial charge in [-0.1, -0.05) is 19.4 Å². The van der Waals surface area contributed by atoms with Crippen LogP contribution >= 0.6 is 0 Å². The Balaban J connectivity index is 2.45. The zero-order valence-electron chi connectivity index (χ0n) is 11.7. The molecule has 0 bridgehead atoms. The van der Waals surface area contributed by atoms with Crippen molar-refractivity contribution >= 4 is 0 Å². The molecule has 0 radical (unpaired) electrons. The molecule has 0 amide bonds. The van der Waals surface area contributed by atoms with Crippen molar-refractivity contribution < 1.29 is 14.6 Å². The molecule has 17 heavy (non-hydrogen) atoms. The smallest absolute Gasteiger partial charge is 0.154 e. The van der Waals surface area contributed by atoms with Gasteiger partial charge >= 0.3 is 0 Å². The number of aliphatic hydroxyl groups excluding tert-OH is 1. The standard InChI is InChI=1S/C14H26O3/c1-6-16-11(3)17-9-12-7-13(10(2)8-15)14(12,4)5/h11-12,15H,6-9H2,1-5H3. The molecule has 2 unspecified atom stereocenters. The number of ether oxygens (including phenoxy) is 2. The quantitative estimate of drug-likeness (QED) is 0.575. The van der Waals surface area contributed by atoms with Gasteiger partial charge in [-0.15, -0.1) is 0 Å². The average Bonchev–Trinajstić information content (AvgIpc) is 2.27. The van der Waals surface area contributed by atoms with Crippen molar-refractivity contribution in [3.8, 4) is 0 Å². The summed E-state index contributed by atoms with van der Waals surface area (Å²) in [6.45, 7) is 12.0. The van der Waals surface area contributed by atoms with Gasteiger partial charge < -0.3 is 14.6 Å². The van der Waals surface area contributed by atoms with Crippen molar-refractivity contribution in [3.63, 3.8) is 0 Å². The highest BCUT2D eigenvalue weighted by Gasteiger charge is 2.44. The van der Waals surface area contributed by atoms with Crippen LogP contribution in [0.2, 0.25) is 0 Å². The number of aliphatic hydroxyl groups is 1. The molecule has 0 saturated heterocycles. The van der Waals surface area contributed by atoms with E-state index in [4.69, 9.17) is 14.6 Å². The van der Waals surface area contributed by atoms with E-state index in [0.29, 0.717) is 12.5 Å². The fourth-order valence-electron chi connectivity index (χ4n) is 2.50. The van der Waals surface area contributed by atoms with Gasteiger partial charge in [-0.3, -0.25) is 0 Å². The summed E-state index contributed by atoms with van der Waals surface area (Å²) in [5.41, 5.74) is 2.65. The van der Waals surface area contributed by atoms with Gasteiger partial charge in [0.05, 0.1) is 13.2 Å². The second-order valence-corrected chi connectivity index (χ2v) is 5.40. The highest BCUT2D eigenvalue weighted by molar-refractivity contribution is 5.29. The normalized spacial score (nSPS) is 27.5. The van der Waals surface area contributed by atoms with Gasteiger partial charge in [0.1, 0.15) is 0 Å². The summed E-state index contributed by atoms with van der Waals surface area (Å²) in [6, 6.07) is 0. The maximum atomic E-state index is 9.17. The van der Waals surface area contributed by atoms with E-state index in [1.165, 1.54) is 5.57 Å². The Hall–Kier alpha value is -0.380. The number of rotatable bonds is 6. The minimum absolute atomic E-state index is 0.122. The van der Waals surface area contributed by atoms with Gasteiger partial charge in [-0.05, 0) is 44.1 Å². The largest absolute Gasteiger partial charge is 0.392 e. The molecule has 1 aliphatic rings. The fraction of sp³-hybridized carbons (Fsp3) is 0.857. The van der Waals surface area contributed by atoms with E-state index in [9.17, 15) is 0 Å². The second kappa shape index (κ2) is 5.98. The topological polar surface area (TPSA) is 38.7 Å². The molecule has 1 saturated carbocycles. The summed E-state index contributed by atoms with van der Waals surface area (Å²) in [6.07, 6.45) is 0.917. The fourth-order valence-corrected chi connectivity index (χ4v) is 2.50. The Labute approximate surface area is 105 Å². The van der Waals surface area contributed by atoms with Gasteiger partial charge in [0.2, 0.25) is 0 Å². The van der Waals surface area contributed by atoms with Gasteiger partial charge in [0.25, 0.3) is 0 Å². The molecule has 0 aromatic rings. The van der Waals surface area contributed by atoms with Gasteiger partial charge in [-0.25, -0.2) is 0 Å². The first-order chi connectivity index (χ1) is 7.93. The molecule has 0 heterocycles. The van der Waals surface area contributed by atoms with Crippen LogP contribution in [0.25, 0.3) is 0 Å². The maximum Gasteiger partial charge on any atom is 0.154 e. The minimum atomic E-state index is -0.122. The Kier molecular flexibility index (Phi) is 5.17. The summed E-state index contributed by atoms with van der Waals surface area (Å²) >= 11 is 0. The van der Waals surface area contributed by atoms with E-state index in [0.717, 1.165) is 18.6 Å². The molecule has 100 valence electrons. The van der Waals surface area contributed by atoms with Crippen LogP contribution in [0.4, 0.5) is 0 Å². The lowest BCUT2D eigenvalue weighted by molar-refractivity contribution is -0.146. The zero-order chi connectivity index (χ0) is 13.1. The van der Waals surface area contributed by atoms with Crippen LogP contribution in [0.5, 0.6) is 0 Å². The van der Waals surface area contributed by atoms with Gasteiger partial charge in [0.15, 0.2) is 6.29 Å². The molecule has 0 aliphatic heterocycles. The van der Waals surface area contributed by atoms with Crippen LogP contribution in [-0.2, 0) is 9.47 Å². The van der Waals surface area contributed by atoms with Crippen molar-refractivity contribution in [3.05, 3.63) is 11.1 Å². The van der Waals surface area contributed by atoms with Crippen LogP contribution in [0.15, 0.2) is 11.1 Å². The van der Waals surface area contributed by atoms with E-state index < -0.39 is 0 Å². The first kappa shape index (κ1) is 14.7. The zero-order valence-corrected chi connectivity index (χ0v) is 11.7. The van der Waals surface area contributed by atoms with Gasteiger partial charge in [-0.2, -0.15) is 0 Å². The summed E-state index contributed by atoms with van der Waals surface area (Å²) in [4.78, 5) is 0. The predicted octanol–water partition coefficient (Wildman–Crippen LogP) is 2.74. The van der Waals surface area contributed by atoms with E-state index in [-0.39, 0.29) is 18.3 Å². The van der Waals surface area contributed by atoms with E-state index in [1.54, 1.807) is 0 Å². The van der Waals surface area contributed by atoms with Crippen molar-refractivity contribution in [2.45, 2.75) is 47.3 Å². The first-order valence-electron chi connectivity index (χ1n) is 6.46. The van der Waals surface area contributed by atoms with Crippen LogP contribution in [0.1, 0.15) is 41.0 Å². The average molecular weight is 242 g/mol. The summed E-state index contributed by atoms with van der Waals surface area (Å²) in [5, 5.41) is 9.17. The lowest BCUT2D eigenvalue weighted by Crippen LogP contribution is -2.42. The molecule has 1 fully saturated rings. The molecular weight excluding hydrogens is 216 g/mol. The molecule has 2 atom stereocenters. The summed E-state index contributed by atoms with van der Waals surface area (Å²) in [7, 11) is 0. The van der Waals surface area contributed by atoms with E-state index in [1.807, 2.05) is 20.8 Å². The highest BCUT2D eigenvalue weighted by atomic mass is 16.7. The lowest BCUT2D eigenvalue weighted by atomic mass is 9.58. The summed E-state index contributed by atoms with van der Waals surface area (Å²) in [5.74, 6) is 0.530. The Bertz CT molecular complexity index is 281. The molecule has 0 aromatic heterocycles. The first-order valence-corrected chi connectivity index (χ1v) is 6.46. The lowest BCUT2D eigenvalue weighted by Gasteiger charge is -2.48. The van der Waals surface area contributed by atoms with Crippen LogP contribution < -0.4 is 0 Å². The molecule has 1 aliphatic carbocycles. The molecule has 1 rings (SSSR count). The van der Waals surface area contributed by atoms with Crippen molar-refractivity contribution in [1.29, 1.82) is 0 Å². The second-order valence-electron chi connectivity index (χ2n) is 5.40. The summed E-state index contributed by atoms with van der Waals surface area (Å²) < 4.78 is 11.0. The van der Waals surface area contributed by atoms with Crippen molar-refractivity contribution in [1.82, 2.24) is 0 Å². The number of hydrogen-bond donors (Lipinski definition) is 1. The monoisotopic (exact) mass is 242 g/mol.